The second-order valence-corrected chi connectivity index (χ2v) is 5.80. The van der Waals surface area contributed by atoms with Gasteiger partial charge in [0.1, 0.15) is 5.75 Å². The van der Waals surface area contributed by atoms with Crippen molar-refractivity contribution in [2.24, 2.45) is 0 Å². The second kappa shape index (κ2) is 8.40. The number of carbonyl (C=O) groups is 1. The van der Waals surface area contributed by atoms with Crippen LogP contribution in [0.5, 0.6) is 5.75 Å². The molecular weight excluding hydrogens is 334 g/mol. The fraction of sp³-hybridized carbons (Fsp3) is 0.462. The molecule has 0 heterocycles. The number of hydrogen-bond acceptors (Lipinski definition) is 3. The van der Waals surface area contributed by atoms with E-state index in [9.17, 15) is 4.79 Å². The summed E-state index contributed by atoms with van der Waals surface area (Å²) < 4.78 is 10.4. The quantitative estimate of drug-likeness (QED) is 0.710. The first kappa shape index (κ1) is 16.3. The number of hydrogen-bond donors (Lipinski definition) is 0. The van der Waals surface area contributed by atoms with Crippen LogP contribution in [-0.2, 0) is 9.53 Å². The Bertz CT molecular complexity index is 417. The van der Waals surface area contributed by atoms with E-state index < -0.39 is 0 Å². The lowest BCUT2D eigenvalue weighted by atomic mass is 10.3. The Kier molecular flexibility index (Phi) is 7.20. The Labute approximate surface area is 126 Å². The van der Waals surface area contributed by atoms with Crippen molar-refractivity contribution in [1.29, 1.82) is 0 Å². The summed E-state index contributed by atoms with van der Waals surface area (Å²) in [6, 6.07) is 6.96. The maximum atomic E-state index is 11.8. The van der Waals surface area contributed by atoms with E-state index in [-0.39, 0.29) is 17.3 Å². The number of amides is 1. The highest BCUT2D eigenvalue weighted by atomic mass is 79.9. The molecular formula is C13H17BrClNO3. The number of benzene rings is 1. The van der Waals surface area contributed by atoms with Gasteiger partial charge in [-0.05, 0) is 18.2 Å². The van der Waals surface area contributed by atoms with E-state index in [1.807, 2.05) is 0 Å². The van der Waals surface area contributed by atoms with E-state index in [0.717, 1.165) is 0 Å². The van der Waals surface area contributed by atoms with Crippen molar-refractivity contribution in [3.8, 4) is 5.75 Å². The van der Waals surface area contributed by atoms with Crippen LogP contribution in [0.15, 0.2) is 24.3 Å². The Morgan fingerprint density at radius 3 is 2.89 bits per heavy atom. The summed E-state index contributed by atoms with van der Waals surface area (Å²) in [4.78, 5) is 13.6. The van der Waals surface area contributed by atoms with Crippen LogP contribution < -0.4 is 4.74 Å². The Balaban J connectivity index is 2.38. The molecule has 1 unspecified atom stereocenters. The Morgan fingerprint density at radius 2 is 2.26 bits per heavy atom. The molecule has 4 nitrogen and oxygen atoms in total. The van der Waals surface area contributed by atoms with Crippen LogP contribution in [0.2, 0.25) is 5.02 Å². The molecule has 1 atom stereocenters. The first-order chi connectivity index (χ1) is 9.02. The van der Waals surface area contributed by atoms with Crippen LogP contribution in [-0.4, -0.2) is 49.6 Å². The van der Waals surface area contributed by atoms with Crippen molar-refractivity contribution >= 4 is 33.4 Å². The van der Waals surface area contributed by atoms with Crippen molar-refractivity contribution < 1.29 is 14.3 Å². The highest BCUT2D eigenvalue weighted by Gasteiger charge is 2.14. The smallest absolute Gasteiger partial charge is 0.260 e. The van der Waals surface area contributed by atoms with E-state index in [1.54, 1.807) is 43.3 Å². The van der Waals surface area contributed by atoms with Gasteiger partial charge >= 0.3 is 0 Å². The summed E-state index contributed by atoms with van der Waals surface area (Å²) in [5.74, 6) is 0.488. The number of nitrogens with zero attached hydrogens (tertiary/aromatic N) is 1. The van der Waals surface area contributed by atoms with E-state index in [4.69, 9.17) is 21.1 Å². The summed E-state index contributed by atoms with van der Waals surface area (Å²) in [6.07, 6.45) is 0. The largest absolute Gasteiger partial charge is 0.484 e. The molecule has 0 aromatic heterocycles. The standard InChI is InChI=1S/C13H17BrClNO3/c1-16(7-10(14)8-18-2)13(17)9-19-12-5-3-4-11(15)6-12/h3-6,10H,7-9H2,1-2H3. The minimum Gasteiger partial charge on any atom is -0.484 e. The second-order valence-electron chi connectivity index (χ2n) is 4.07. The zero-order valence-electron chi connectivity index (χ0n) is 10.9. The third kappa shape index (κ3) is 6.27. The van der Waals surface area contributed by atoms with Gasteiger partial charge in [0, 0.05) is 25.7 Å². The maximum absolute atomic E-state index is 11.8. The zero-order valence-corrected chi connectivity index (χ0v) is 13.3. The van der Waals surface area contributed by atoms with Crippen molar-refractivity contribution in [2.75, 3.05) is 33.9 Å². The van der Waals surface area contributed by atoms with Crippen molar-refractivity contribution in [3.63, 3.8) is 0 Å². The molecule has 0 aliphatic heterocycles. The summed E-state index contributed by atoms with van der Waals surface area (Å²) in [5.41, 5.74) is 0. The number of halogens is 2. The molecule has 1 aromatic rings. The van der Waals surface area contributed by atoms with E-state index in [2.05, 4.69) is 15.9 Å². The topological polar surface area (TPSA) is 38.8 Å². The fourth-order valence-corrected chi connectivity index (χ4v) is 2.32. The number of likely N-dealkylation sites (N-methyl/N-ethyl adjacent to an activating group) is 1. The van der Waals surface area contributed by atoms with Crippen LogP contribution >= 0.6 is 27.5 Å². The molecule has 106 valence electrons. The van der Waals surface area contributed by atoms with Gasteiger partial charge in [0.05, 0.1) is 11.4 Å². The number of alkyl halides is 1. The van der Waals surface area contributed by atoms with E-state index >= 15 is 0 Å². The highest BCUT2D eigenvalue weighted by Crippen LogP contribution is 2.17. The minimum atomic E-state index is -0.0967. The number of rotatable bonds is 7. The summed E-state index contributed by atoms with van der Waals surface area (Å²) in [7, 11) is 3.35. The van der Waals surface area contributed by atoms with Gasteiger partial charge in [0.15, 0.2) is 6.61 Å². The molecule has 0 bridgehead atoms. The molecule has 1 rings (SSSR count). The maximum Gasteiger partial charge on any atom is 0.260 e. The van der Waals surface area contributed by atoms with Gasteiger partial charge in [-0.15, -0.1) is 0 Å². The van der Waals surface area contributed by atoms with Gasteiger partial charge in [-0.25, -0.2) is 0 Å². The van der Waals surface area contributed by atoms with E-state index in [1.165, 1.54) is 0 Å². The third-order valence-corrected chi connectivity index (χ3v) is 3.19. The molecule has 0 saturated carbocycles. The first-order valence-electron chi connectivity index (χ1n) is 5.78. The molecule has 0 fully saturated rings. The molecule has 0 N–H and O–H groups in total. The molecule has 0 aliphatic carbocycles. The molecule has 1 amide bonds. The third-order valence-electron chi connectivity index (χ3n) is 2.40. The Morgan fingerprint density at radius 1 is 1.53 bits per heavy atom. The monoisotopic (exact) mass is 349 g/mol. The SMILES string of the molecule is COCC(Br)CN(C)C(=O)COc1cccc(Cl)c1. The van der Waals surface area contributed by atoms with Gasteiger partial charge in [-0.3, -0.25) is 4.79 Å². The van der Waals surface area contributed by atoms with Gasteiger partial charge in [0.25, 0.3) is 5.91 Å². The lowest BCUT2D eigenvalue weighted by Crippen LogP contribution is -2.36. The number of ether oxygens (including phenoxy) is 2. The first-order valence-corrected chi connectivity index (χ1v) is 7.07. The minimum absolute atomic E-state index is 0.0104. The van der Waals surface area contributed by atoms with Gasteiger partial charge in [-0.2, -0.15) is 0 Å². The predicted octanol–water partition coefficient (Wildman–Crippen LogP) is 2.59. The summed E-state index contributed by atoms with van der Waals surface area (Å²) in [6.45, 7) is 1.10. The fourth-order valence-electron chi connectivity index (χ4n) is 1.44. The number of carbonyl (C=O) groups excluding carboxylic acids is 1. The summed E-state index contributed by atoms with van der Waals surface area (Å²) >= 11 is 9.27. The average molecular weight is 351 g/mol. The highest BCUT2D eigenvalue weighted by molar-refractivity contribution is 9.09. The molecule has 1 aromatic carbocycles. The molecule has 0 saturated heterocycles. The Hall–Kier alpha value is -0.780. The van der Waals surface area contributed by atoms with Gasteiger partial charge in [-0.1, -0.05) is 33.6 Å². The van der Waals surface area contributed by atoms with Crippen LogP contribution in [0, 0.1) is 0 Å². The van der Waals surface area contributed by atoms with Gasteiger partial charge in [0.2, 0.25) is 0 Å². The average Bonchev–Trinajstić information content (AvgIpc) is 2.36. The van der Waals surface area contributed by atoms with Crippen molar-refractivity contribution in [1.82, 2.24) is 4.90 Å². The molecule has 0 radical (unpaired) electrons. The van der Waals surface area contributed by atoms with Crippen molar-refractivity contribution in [2.45, 2.75) is 4.83 Å². The summed E-state index contributed by atoms with van der Waals surface area (Å²) in [5, 5.41) is 0.582. The molecule has 0 spiro atoms. The van der Waals surface area contributed by atoms with Crippen LogP contribution in [0.1, 0.15) is 0 Å². The normalized spacial score (nSPS) is 12.0. The van der Waals surface area contributed by atoms with Crippen molar-refractivity contribution in [3.05, 3.63) is 29.3 Å². The molecule has 6 heteroatoms. The van der Waals surface area contributed by atoms with E-state index in [0.29, 0.717) is 23.9 Å². The van der Waals surface area contributed by atoms with Gasteiger partial charge < -0.3 is 14.4 Å². The van der Waals surface area contributed by atoms with Crippen LogP contribution in [0.3, 0.4) is 0 Å². The lowest BCUT2D eigenvalue weighted by molar-refractivity contribution is -0.132. The molecule has 19 heavy (non-hydrogen) atoms. The van der Waals surface area contributed by atoms with Crippen LogP contribution in [0.25, 0.3) is 0 Å². The lowest BCUT2D eigenvalue weighted by Gasteiger charge is -2.20. The van der Waals surface area contributed by atoms with Crippen LogP contribution in [0.4, 0.5) is 0 Å². The number of methoxy groups -OCH3 is 1. The predicted molar refractivity (Wildman–Crippen MR) is 79.2 cm³/mol. The molecule has 0 aliphatic rings. The zero-order chi connectivity index (χ0) is 14.3.